The standard InChI is InChI=1S/C13H24O3/c1-4-16-11(14)5-6-13(15)9-7-12(2,3)8-10-13/h15H,4-10H2,1-3H3. The van der Waals surface area contributed by atoms with E-state index in [2.05, 4.69) is 13.8 Å². The van der Waals surface area contributed by atoms with Gasteiger partial charge in [-0.15, -0.1) is 0 Å². The maximum Gasteiger partial charge on any atom is 0.305 e. The van der Waals surface area contributed by atoms with Crippen LogP contribution in [-0.4, -0.2) is 23.3 Å². The zero-order chi connectivity index (χ0) is 12.2. The van der Waals surface area contributed by atoms with Crippen LogP contribution >= 0.6 is 0 Å². The molecule has 0 aliphatic heterocycles. The van der Waals surface area contributed by atoms with Crippen LogP contribution in [0, 0.1) is 5.41 Å². The van der Waals surface area contributed by atoms with Gasteiger partial charge in [0.1, 0.15) is 0 Å². The van der Waals surface area contributed by atoms with Crippen LogP contribution in [0.2, 0.25) is 0 Å². The van der Waals surface area contributed by atoms with Crippen LogP contribution in [0.3, 0.4) is 0 Å². The third-order valence-corrected chi connectivity index (χ3v) is 3.63. The zero-order valence-corrected chi connectivity index (χ0v) is 10.7. The first-order chi connectivity index (χ1) is 7.37. The third-order valence-electron chi connectivity index (χ3n) is 3.63. The lowest BCUT2D eigenvalue weighted by molar-refractivity contribution is -0.145. The molecule has 0 atom stereocenters. The van der Waals surface area contributed by atoms with E-state index in [1.807, 2.05) is 0 Å². The van der Waals surface area contributed by atoms with Crippen LogP contribution in [0.25, 0.3) is 0 Å². The fourth-order valence-corrected chi connectivity index (χ4v) is 2.21. The largest absolute Gasteiger partial charge is 0.466 e. The number of hydrogen-bond donors (Lipinski definition) is 1. The molecule has 1 saturated carbocycles. The Kier molecular flexibility index (Phi) is 4.36. The summed E-state index contributed by atoms with van der Waals surface area (Å²) < 4.78 is 4.87. The summed E-state index contributed by atoms with van der Waals surface area (Å²) in [5, 5.41) is 10.3. The molecule has 0 radical (unpaired) electrons. The molecule has 0 spiro atoms. The number of aliphatic hydroxyl groups is 1. The Labute approximate surface area is 98.2 Å². The van der Waals surface area contributed by atoms with Gasteiger partial charge in [-0.05, 0) is 44.4 Å². The average Bonchev–Trinajstić information content (AvgIpc) is 2.21. The van der Waals surface area contributed by atoms with Gasteiger partial charge in [0.2, 0.25) is 0 Å². The normalized spacial score (nSPS) is 22.8. The Hall–Kier alpha value is -0.570. The molecule has 0 aromatic heterocycles. The van der Waals surface area contributed by atoms with E-state index in [4.69, 9.17) is 4.74 Å². The molecule has 1 N–H and O–H groups in total. The third kappa shape index (κ3) is 4.12. The first-order valence-electron chi connectivity index (χ1n) is 6.25. The number of ether oxygens (including phenoxy) is 1. The lowest BCUT2D eigenvalue weighted by Gasteiger charge is -2.40. The van der Waals surface area contributed by atoms with Crippen molar-refractivity contribution >= 4 is 5.97 Å². The average molecular weight is 228 g/mol. The van der Waals surface area contributed by atoms with Crippen LogP contribution in [0.5, 0.6) is 0 Å². The Morgan fingerprint density at radius 2 is 1.81 bits per heavy atom. The molecule has 1 rings (SSSR count). The highest BCUT2D eigenvalue weighted by atomic mass is 16.5. The Bertz CT molecular complexity index is 236. The maximum absolute atomic E-state index is 11.2. The number of hydrogen-bond acceptors (Lipinski definition) is 3. The van der Waals surface area contributed by atoms with Gasteiger partial charge in [-0.25, -0.2) is 0 Å². The second-order valence-electron chi connectivity index (χ2n) is 5.69. The van der Waals surface area contributed by atoms with E-state index in [-0.39, 0.29) is 5.97 Å². The monoisotopic (exact) mass is 228 g/mol. The molecule has 0 saturated heterocycles. The van der Waals surface area contributed by atoms with Crippen LogP contribution in [0.1, 0.15) is 59.3 Å². The molecule has 3 nitrogen and oxygen atoms in total. The van der Waals surface area contributed by atoms with Crippen molar-refractivity contribution in [3.8, 4) is 0 Å². The number of carbonyl (C=O) groups excluding carboxylic acids is 1. The molecular formula is C13H24O3. The summed E-state index contributed by atoms with van der Waals surface area (Å²) >= 11 is 0. The molecule has 1 fully saturated rings. The lowest BCUT2D eigenvalue weighted by Crippen LogP contribution is -2.37. The van der Waals surface area contributed by atoms with Gasteiger partial charge in [0.05, 0.1) is 12.2 Å². The van der Waals surface area contributed by atoms with Gasteiger partial charge in [-0.1, -0.05) is 13.8 Å². The first-order valence-corrected chi connectivity index (χ1v) is 6.25. The smallest absolute Gasteiger partial charge is 0.305 e. The molecule has 1 aliphatic carbocycles. The van der Waals surface area contributed by atoms with Crippen molar-refractivity contribution in [1.82, 2.24) is 0 Å². The highest BCUT2D eigenvalue weighted by Crippen LogP contribution is 2.41. The van der Waals surface area contributed by atoms with E-state index in [0.29, 0.717) is 24.9 Å². The summed E-state index contributed by atoms with van der Waals surface area (Å²) in [5.74, 6) is -0.194. The predicted octanol–water partition coefficient (Wildman–Crippen LogP) is 2.66. The van der Waals surface area contributed by atoms with Gasteiger partial charge in [0, 0.05) is 6.42 Å². The zero-order valence-electron chi connectivity index (χ0n) is 10.7. The summed E-state index contributed by atoms with van der Waals surface area (Å²) in [6.07, 6.45) is 4.56. The quantitative estimate of drug-likeness (QED) is 0.752. The minimum atomic E-state index is -0.637. The first kappa shape index (κ1) is 13.5. The van der Waals surface area contributed by atoms with Gasteiger partial charge in [0.25, 0.3) is 0 Å². The van der Waals surface area contributed by atoms with Crippen molar-refractivity contribution in [2.45, 2.75) is 64.9 Å². The maximum atomic E-state index is 11.2. The fraction of sp³-hybridized carbons (Fsp3) is 0.923. The SMILES string of the molecule is CCOC(=O)CCC1(O)CCC(C)(C)CC1. The lowest BCUT2D eigenvalue weighted by atomic mass is 9.70. The molecule has 0 aromatic carbocycles. The number of esters is 1. The molecule has 0 bridgehead atoms. The number of carbonyl (C=O) groups is 1. The molecular weight excluding hydrogens is 204 g/mol. The van der Waals surface area contributed by atoms with Gasteiger partial charge < -0.3 is 9.84 Å². The Morgan fingerprint density at radius 3 is 2.31 bits per heavy atom. The highest BCUT2D eigenvalue weighted by Gasteiger charge is 2.36. The van der Waals surface area contributed by atoms with Crippen LogP contribution in [-0.2, 0) is 9.53 Å². The predicted molar refractivity (Wildman–Crippen MR) is 63.1 cm³/mol. The van der Waals surface area contributed by atoms with Crippen molar-refractivity contribution in [3.05, 3.63) is 0 Å². The molecule has 0 amide bonds. The van der Waals surface area contributed by atoms with Crippen molar-refractivity contribution in [2.75, 3.05) is 6.61 Å². The van der Waals surface area contributed by atoms with E-state index in [1.165, 1.54) is 0 Å². The van der Waals surface area contributed by atoms with Gasteiger partial charge >= 0.3 is 5.97 Å². The molecule has 1 aliphatic rings. The molecule has 0 aromatic rings. The van der Waals surface area contributed by atoms with E-state index in [1.54, 1.807) is 6.92 Å². The summed E-state index contributed by atoms with van der Waals surface area (Å²) in [4.78, 5) is 11.2. The number of rotatable bonds is 4. The minimum absolute atomic E-state index is 0.194. The van der Waals surface area contributed by atoms with Gasteiger partial charge in [0.15, 0.2) is 0 Å². The second-order valence-corrected chi connectivity index (χ2v) is 5.69. The van der Waals surface area contributed by atoms with E-state index >= 15 is 0 Å². The molecule has 0 heterocycles. The van der Waals surface area contributed by atoms with Crippen LogP contribution < -0.4 is 0 Å². The minimum Gasteiger partial charge on any atom is -0.466 e. The fourth-order valence-electron chi connectivity index (χ4n) is 2.21. The van der Waals surface area contributed by atoms with E-state index in [9.17, 15) is 9.90 Å². The van der Waals surface area contributed by atoms with E-state index < -0.39 is 5.60 Å². The summed E-state index contributed by atoms with van der Waals surface area (Å²) in [6, 6.07) is 0. The van der Waals surface area contributed by atoms with Crippen molar-refractivity contribution in [2.24, 2.45) is 5.41 Å². The van der Waals surface area contributed by atoms with Gasteiger partial charge in [-0.3, -0.25) is 4.79 Å². The molecule has 16 heavy (non-hydrogen) atoms. The summed E-state index contributed by atoms with van der Waals surface area (Å²) in [7, 11) is 0. The Morgan fingerprint density at radius 1 is 1.25 bits per heavy atom. The van der Waals surface area contributed by atoms with Crippen molar-refractivity contribution in [3.63, 3.8) is 0 Å². The van der Waals surface area contributed by atoms with E-state index in [0.717, 1.165) is 25.7 Å². The molecule has 3 heteroatoms. The topological polar surface area (TPSA) is 46.5 Å². The van der Waals surface area contributed by atoms with Crippen LogP contribution in [0.4, 0.5) is 0 Å². The highest BCUT2D eigenvalue weighted by molar-refractivity contribution is 5.69. The van der Waals surface area contributed by atoms with Gasteiger partial charge in [-0.2, -0.15) is 0 Å². The van der Waals surface area contributed by atoms with Crippen molar-refractivity contribution < 1.29 is 14.6 Å². The van der Waals surface area contributed by atoms with Crippen molar-refractivity contribution in [1.29, 1.82) is 0 Å². The Balaban J connectivity index is 2.34. The summed E-state index contributed by atoms with van der Waals surface area (Å²) in [5.41, 5.74) is -0.293. The molecule has 0 unspecified atom stereocenters. The second kappa shape index (κ2) is 5.17. The van der Waals surface area contributed by atoms with Crippen LogP contribution in [0.15, 0.2) is 0 Å². The molecule has 94 valence electrons. The summed E-state index contributed by atoms with van der Waals surface area (Å²) in [6.45, 7) is 6.69.